The van der Waals surface area contributed by atoms with Crippen LogP contribution in [0.2, 0.25) is 0 Å². The van der Waals surface area contributed by atoms with Crippen molar-refractivity contribution < 1.29 is 0 Å². The molecule has 26 heavy (non-hydrogen) atoms. The maximum atomic E-state index is 4.12. The number of benzene rings is 2. The average Bonchev–Trinajstić information content (AvgIpc) is 3.23. The molecule has 1 heteroatoms. The van der Waals surface area contributed by atoms with Crippen LogP contribution in [0, 0.1) is 11.8 Å². The predicted octanol–water partition coefficient (Wildman–Crippen LogP) is 5.62. The van der Waals surface area contributed by atoms with Crippen LogP contribution >= 0.6 is 0 Å². The minimum absolute atomic E-state index is 0.0674. The minimum atomic E-state index is -0.0674. The monoisotopic (exact) mass is 343 g/mol. The number of hydrogen-bond donors (Lipinski definition) is 1. The lowest BCUT2D eigenvalue weighted by Crippen LogP contribution is -2.47. The number of nitrogens with one attached hydrogen (secondary N) is 1. The topological polar surface area (TPSA) is 12.0 Å². The number of rotatable bonds is 2. The second kappa shape index (κ2) is 4.81. The highest BCUT2D eigenvalue weighted by Gasteiger charge is 2.63. The Morgan fingerprint density at radius 1 is 0.846 bits per heavy atom. The summed E-state index contributed by atoms with van der Waals surface area (Å²) in [7, 11) is 0. The second-order valence-corrected chi connectivity index (χ2v) is 9.94. The van der Waals surface area contributed by atoms with Crippen LogP contribution in [0.25, 0.3) is 0 Å². The Morgan fingerprint density at radius 2 is 1.46 bits per heavy atom. The van der Waals surface area contributed by atoms with Gasteiger partial charge in [-0.3, -0.25) is 5.32 Å². The quantitative estimate of drug-likeness (QED) is 0.746. The van der Waals surface area contributed by atoms with E-state index in [1.54, 1.807) is 5.56 Å². The molecule has 2 bridgehead atoms. The zero-order valence-corrected chi connectivity index (χ0v) is 16.0. The van der Waals surface area contributed by atoms with Gasteiger partial charge in [-0.05, 0) is 72.6 Å². The molecule has 0 unspecified atom stereocenters. The van der Waals surface area contributed by atoms with Crippen LogP contribution in [0.5, 0.6) is 0 Å². The summed E-state index contributed by atoms with van der Waals surface area (Å²) in [4.78, 5) is 0. The van der Waals surface area contributed by atoms with E-state index in [4.69, 9.17) is 0 Å². The molecule has 4 atom stereocenters. The molecule has 1 nitrogen and oxygen atoms in total. The Bertz CT molecular complexity index is 897. The molecule has 6 rings (SSSR count). The summed E-state index contributed by atoms with van der Waals surface area (Å²) in [6, 6.07) is 18.6. The first-order valence-electron chi connectivity index (χ1n) is 10.5. The Balaban J connectivity index is 1.58. The summed E-state index contributed by atoms with van der Waals surface area (Å²) in [5, 5.41) is 4.12. The van der Waals surface area contributed by atoms with Crippen molar-refractivity contribution in [3.05, 3.63) is 70.8 Å². The first-order valence-corrected chi connectivity index (χ1v) is 10.5. The van der Waals surface area contributed by atoms with Crippen LogP contribution < -0.4 is 5.32 Å². The molecule has 0 radical (unpaired) electrons. The highest BCUT2D eigenvalue weighted by atomic mass is 15.1. The van der Waals surface area contributed by atoms with Gasteiger partial charge in [-0.1, -0.05) is 67.8 Å². The van der Waals surface area contributed by atoms with Crippen molar-refractivity contribution in [1.29, 1.82) is 0 Å². The normalized spacial score (nSPS) is 39.8. The highest BCUT2D eigenvalue weighted by molar-refractivity contribution is 5.56. The van der Waals surface area contributed by atoms with Crippen molar-refractivity contribution in [1.82, 2.24) is 5.32 Å². The van der Waals surface area contributed by atoms with Gasteiger partial charge in [0.2, 0.25) is 0 Å². The van der Waals surface area contributed by atoms with E-state index in [2.05, 4.69) is 67.7 Å². The number of fused-ring (bicyclic) bond motifs is 9. The Kier molecular flexibility index (Phi) is 2.86. The summed E-state index contributed by atoms with van der Waals surface area (Å²) < 4.78 is 0. The van der Waals surface area contributed by atoms with Crippen LogP contribution in [-0.2, 0) is 16.5 Å². The predicted molar refractivity (Wildman–Crippen MR) is 106 cm³/mol. The first-order chi connectivity index (χ1) is 12.6. The van der Waals surface area contributed by atoms with Crippen LogP contribution in [0.1, 0.15) is 74.6 Å². The first kappa shape index (κ1) is 15.5. The van der Waals surface area contributed by atoms with Crippen LogP contribution in [0.3, 0.4) is 0 Å². The smallest absolute Gasteiger partial charge is 0.0674 e. The maximum absolute atomic E-state index is 4.12. The number of hydrogen-bond acceptors (Lipinski definition) is 1. The van der Waals surface area contributed by atoms with Gasteiger partial charge in [0, 0.05) is 5.54 Å². The second-order valence-electron chi connectivity index (χ2n) is 9.94. The van der Waals surface area contributed by atoms with Crippen molar-refractivity contribution in [2.45, 2.75) is 68.9 Å². The van der Waals surface area contributed by atoms with E-state index in [9.17, 15) is 0 Å². The van der Waals surface area contributed by atoms with E-state index >= 15 is 0 Å². The fraction of sp³-hybridized carbons (Fsp3) is 0.520. The molecule has 2 aliphatic carbocycles. The molecule has 2 aromatic rings. The highest BCUT2D eigenvalue weighted by Crippen LogP contribution is 2.67. The van der Waals surface area contributed by atoms with Gasteiger partial charge in [-0.2, -0.15) is 0 Å². The Labute approximate surface area is 157 Å². The molecule has 2 saturated carbocycles. The summed E-state index contributed by atoms with van der Waals surface area (Å²) in [6.07, 6.45) is 8.48. The van der Waals surface area contributed by atoms with Crippen molar-refractivity contribution in [2.24, 2.45) is 11.8 Å². The molecule has 134 valence electrons. The van der Waals surface area contributed by atoms with Gasteiger partial charge in [-0.15, -0.1) is 0 Å². The minimum Gasteiger partial charge on any atom is -0.294 e. The lowest BCUT2D eigenvalue weighted by molar-refractivity contribution is 0.228. The lowest BCUT2D eigenvalue weighted by atomic mass is 9.70. The molecule has 2 aromatic carbocycles. The van der Waals surface area contributed by atoms with Gasteiger partial charge in [0.1, 0.15) is 0 Å². The zero-order chi connectivity index (χ0) is 17.6. The molecule has 2 fully saturated rings. The van der Waals surface area contributed by atoms with E-state index in [0.29, 0.717) is 5.41 Å². The van der Waals surface area contributed by atoms with E-state index in [-0.39, 0.29) is 11.1 Å². The van der Waals surface area contributed by atoms with Crippen LogP contribution in [0.4, 0.5) is 0 Å². The molecule has 0 spiro atoms. The molecular weight excluding hydrogens is 314 g/mol. The van der Waals surface area contributed by atoms with Crippen molar-refractivity contribution in [3.8, 4) is 0 Å². The van der Waals surface area contributed by atoms with Crippen molar-refractivity contribution in [2.75, 3.05) is 0 Å². The SMILES string of the molecule is C[C@]12N[C@](C)(C[C@@H]3C[C@]3(CC3CCC3)c3ccccc31)c1ccccc12. The largest absolute Gasteiger partial charge is 0.294 e. The van der Waals surface area contributed by atoms with Gasteiger partial charge >= 0.3 is 0 Å². The van der Waals surface area contributed by atoms with Crippen molar-refractivity contribution >= 4 is 0 Å². The van der Waals surface area contributed by atoms with Gasteiger partial charge in [0.25, 0.3) is 0 Å². The molecule has 2 heterocycles. The molecule has 0 saturated heterocycles. The fourth-order valence-corrected chi connectivity index (χ4v) is 6.86. The summed E-state index contributed by atoms with van der Waals surface area (Å²) in [5.74, 6) is 1.80. The Morgan fingerprint density at radius 3 is 2.12 bits per heavy atom. The zero-order valence-electron chi connectivity index (χ0n) is 16.0. The average molecular weight is 344 g/mol. The van der Waals surface area contributed by atoms with Gasteiger partial charge in [0.05, 0.1) is 5.54 Å². The lowest BCUT2D eigenvalue weighted by Gasteiger charge is -2.40. The van der Waals surface area contributed by atoms with E-state index in [1.165, 1.54) is 55.2 Å². The molecule has 0 aromatic heterocycles. The van der Waals surface area contributed by atoms with E-state index in [0.717, 1.165) is 11.8 Å². The van der Waals surface area contributed by atoms with Crippen molar-refractivity contribution in [3.63, 3.8) is 0 Å². The third-order valence-electron chi connectivity index (χ3n) is 8.35. The van der Waals surface area contributed by atoms with E-state index in [1.807, 2.05) is 0 Å². The van der Waals surface area contributed by atoms with Crippen LogP contribution in [0.15, 0.2) is 48.5 Å². The maximum Gasteiger partial charge on any atom is 0.0674 e. The summed E-state index contributed by atoms with van der Waals surface area (Å²) in [5.41, 5.74) is 6.71. The fourth-order valence-electron chi connectivity index (χ4n) is 6.86. The summed E-state index contributed by atoms with van der Waals surface area (Å²) in [6.45, 7) is 4.88. The summed E-state index contributed by atoms with van der Waals surface area (Å²) >= 11 is 0. The third kappa shape index (κ3) is 1.80. The standard InChI is InChI=1S/C25H29N/c1-23-15-18-16-25(18,14-17-8-7-9-17)22-13-6-5-12-21(22)24(2,26-23)20-11-4-3-10-19(20)23/h3-6,10-13,17-18,26H,7-9,14-16H2,1-2H3/t18-,23-,24-,25+/m1/s1. The molecule has 0 amide bonds. The van der Waals surface area contributed by atoms with Gasteiger partial charge in [0.15, 0.2) is 0 Å². The molecule has 1 N–H and O–H groups in total. The third-order valence-corrected chi connectivity index (χ3v) is 8.35. The Hall–Kier alpha value is -1.60. The van der Waals surface area contributed by atoms with Gasteiger partial charge in [-0.25, -0.2) is 0 Å². The van der Waals surface area contributed by atoms with Gasteiger partial charge < -0.3 is 0 Å². The molecule has 4 aliphatic rings. The molecular formula is C25H29N. The van der Waals surface area contributed by atoms with Crippen LogP contribution in [-0.4, -0.2) is 0 Å². The van der Waals surface area contributed by atoms with E-state index < -0.39 is 0 Å². The molecule has 2 aliphatic heterocycles.